The zero-order chi connectivity index (χ0) is 34.1. The van der Waals surface area contributed by atoms with Gasteiger partial charge in [-0.05, 0) is 12.8 Å². The molecule has 11 nitrogen and oxygen atoms in total. The number of nitrogens with two attached hydrogens (primary N) is 1. The van der Waals surface area contributed by atoms with Crippen LogP contribution in [0.3, 0.4) is 0 Å². The Morgan fingerprint density at radius 1 is 0.696 bits per heavy atom. The minimum absolute atomic E-state index is 0.199. The summed E-state index contributed by atoms with van der Waals surface area (Å²) in [5.74, 6) is 4.18. The van der Waals surface area contributed by atoms with E-state index in [0.29, 0.717) is 12.8 Å². The quantitative estimate of drug-likeness (QED) is 0.0204. The summed E-state index contributed by atoms with van der Waals surface area (Å²) in [6.07, 6.45) is 23.7. The van der Waals surface area contributed by atoms with Crippen LogP contribution in [0.5, 0.6) is 0 Å². The van der Waals surface area contributed by atoms with E-state index in [0.717, 1.165) is 38.5 Å². The summed E-state index contributed by atoms with van der Waals surface area (Å²) in [5, 5.41) is 18.4. The first-order valence-electron chi connectivity index (χ1n) is 18.2. The number of carbonyl (C=O) groups is 2. The van der Waals surface area contributed by atoms with Gasteiger partial charge in [0.1, 0.15) is 25.7 Å². The van der Waals surface area contributed by atoms with Crippen LogP contribution in [0.1, 0.15) is 168 Å². The van der Waals surface area contributed by atoms with Crippen LogP contribution in [0.2, 0.25) is 0 Å². The maximum absolute atomic E-state index is 12.6. The van der Waals surface area contributed by atoms with Crippen LogP contribution in [0.25, 0.3) is 0 Å². The summed E-state index contributed by atoms with van der Waals surface area (Å²) in [6, 6.07) is 0. The predicted octanol–water partition coefficient (Wildman–Crippen LogP) is 7.16. The fraction of sp³-hybridized carbons (Fsp3) is 0.941. The lowest BCUT2D eigenvalue weighted by Gasteiger charge is -2.24. The molecule has 0 heterocycles. The Labute approximate surface area is 280 Å². The smallest absolute Gasteiger partial charge is 0.574 e. The molecule has 273 valence electrons. The number of aliphatic hydroxyl groups is 2. The summed E-state index contributed by atoms with van der Waals surface area (Å²) in [7, 11) is -4.33. The van der Waals surface area contributed by atoms with Gasteiger partial charge in [0.05, 0.1) is 6.61 Å². The minimum atomic E-state index is -4.33. The molecule has 0 saturated carbocycles. The van der Waals surface area contributed by atoms with Gasteiger partial charge >= 0.3 is 20.1 Å². The molecule has 3 atom stereocenters. The Morgan fingerprint density at radius 2 is 1.11 bits per heavy atom. The molecule has 0 amide bonds. The van der Waals surface area contributed by atoms with Gasteiger partial charge in [-0.2, -0.15) is 14.9 Å². The van der Waals surface area contributed by atoms with Gasteiger partial charge in [0.25, 0.3) is 0 Å². The largest absolute Gasteiger partial charge is 0.604 e. The van der Waals surface area contributed by atoms with E-state index in [9.17, 15) is 19.6 Å². The second-order valence-electron chi connectivity index (χ2n) is 12.3. The zero-order valence-corrected chi connectivity index (χ0v) is 30.0. The third-order valence-corrected chi connectivity index (χ3v) is 9.07. The van der Waals surface area contributed by atoms with E-state index in [1.807, 2.05) is 0 Å². The molecule has 4 N–H and O–H groups in total. The Balaban J connectivity index is 4.49. The molecule has 0 rings (SSSR count). The predicted molar refractivity (Wildman–Crippen MR) is 180 cm³/mol. The molecule has 0 aliphatic heterocycles. The van der Waals surface area contributed by atoms with Gasteiger partial charge in [0.15, 0.2) is 6.10 Å². The van der Waals surface area contributed by atoms with Crippen molar-refractivity contribution in [3.63, 3.8) is 0 Å². The van der Waals surface area contributed by atoms with Crippen molar-refractivity contribution in [1.82, 2.24) is 0 Å². The zero-order valence-electron chi connectivity index (χ0n) is 29.1. The normalized spacial score (nSPS) is 14.1. The molecule has 46 heavy (non-hydrogen) atoms. The Morgan fingerprint density at radius 3 is 1.54 bits per heavy atom. The molecule has 0 aromatic rings. The number of aliphatic hydroxyl groups excluding tert-OH is 2. The number of carbonyl (C=O) groups excluding carboxylic acids is 2. The number of phosphoric ester groups is 1. The molecule has 0 aliphatic carbocycles. The van der Waals surface area contributed by atoms with E-state index >= 15 is 0 Å². The average Bonchev–Trinajstić information content (AvgIpc) is 3.06. The van der Waals surface area contributed by atoms with Crippen molar-refractivity contribution in [3.8, 4) is 0 Å². The van der Waals surface area contributed by atoms with Crippen LogP contribution in [0.15, 0.2) is 0 Å². The van der Waals surface area contributed by atoms with E-state index in [-0.39, 0.29) is 19.4 Å². The highest BCUT2D eigenvalue weighted by Crippen LogP contribution is 2.52. The third-order valence-electron chi connectivity index (χ3n) is 7.88. The summed E-state index contributed by atoms with van der Waals surface area (Å²) >= 11 is 0. The summed E-state index contributed by atoms with van der Waals surface area (Å²) in [6.45, 7) is 2.51. The Hall–Kier alpha value is -0.910. The molecule has 0 aromatic carbocycles. The fourth-order valence-electron chi connectivity index (χ4n) is 4.99. The lowest BCUT2D eigenvalue weighted by Crippen LogP contribution is -2.33. The van der Waals surface area contributed by atoms with Crippen LogP contribution in [0, 0.1) is 0 Å². The van der Waals surface area contributed by atoms with Gasteiger partial charge in [-0.1, -0.05) is 147 Å². The van der Waals surface area contributed by atoms with Crippen molar-refractivity contribution in [2.75, 3.05) is 26.4 Å². The van der Waals surface area contributed by atoms with Crippen LogP contribution in [0.4, 0.5) is 0 Å². The van der Waals surface area contributed by atoms with Crippen molar-refractivity contribution in [2.45, 2.75) is 180 Å². The molecule has 12 heteroatoms. The first kappa shape index (κ1) is 45.1. The van der Waals surface area contributed by atoms with Gasteiger partial charge in [-0.15, -0.1) is 0 Å². The average molecular weight is 682 g/mol. The Kier molecular flexibility index (Phi) is 32.0. The van der Waals surface area contributed by atoms with E-state index in [2.05, 4.69) is 18.5 Å². The second kappa shape index (κ2) is 32.6. The summed E-state index contributed by atoms with van der Waals surface area (Å²) in [5.41, 5.74) is 0. The highest BCUT2D eigenvalue weighted by molar-refractivity contribution is 7.53. The van der Waals surface area contributed by atoms with Crippen molar-refractivity contribution in [3.05, 3.63) is 0 Å². The number of ether oxygens (including phenoxy) is 2. The molecule has 0 fully saturated rings. The highest BCUT2D eigenvalue weighted by Gasteiger charge is 2.37. The number of hydrogen-bond acceptors (Lipinski definition) is 11. The number of unbranched alkanes of at least 4 members (excludes halogenated alkanes) is 20. The minimum Gasteiger partial charge on any atom is -0.604 e. The van der Waals surface area contributed by atoms with E-state index in [4.69, 9.17) is 29.5 Å². The molecule has 1 radical (unpaired) electrons. The van der Waals surface area contributed by atoms with Crippen molar-refractivity contribution in [2.24, 2.45) is 5.90 Å². The molecule has 0 aliphatic rings. The second-order valence-corrected chi connectivity index (χ2v) is 14.0. The van der Waals surface area contributed by atoms with Gasteiger partial charge < -0.3 is 24.6 Å². The molecule has 0 bridgehead atoms. The van der Waals surface area contributed by atoms with Gasteiger partial charge in [0, 0.05) is 11.2 Å². The summed E-state index contributed by atoms with van der Waals surface area (Å²) in [4.78, 5) is 37.5. The monoisotopic (exact) mass is 681 g/mol. The first-order chi connectivity index (χ1) is 22.3. The molecule has 0 saturated heterocycles. The van der Waals surface area contributed by atoms with Crippen LogP contribution in [-0.4, -0.2) is 60.8 Å². The number of phosphoric acid groups is 1. The standard InChI is InChI=1S/C34H68NO10P/c1-3-5-7-9-11-13-15-17-19-21-23-25-33(38)41-29-32(30-43-46(40,45-35)42-28-31(37)27-36)44-34(39)26-24-22-20-18-16-14-12-10-8-6-4-2/h31-32,36-37H,3-30,35H2,1-2H3/q+1/t31-,32+,46?/m0/s1. The first-order valence-corrected chi connectivity index (χ1v) is 19.7. The van der Waals surface area contributed by atoms with E-state index in [1.165, 1.54) is 89.9 Å². The van der Waals surface area contributed by atoms with Crippen molar-refractivity contribution in [1.29, 1.82) is 0 Å². The highest BCUT2D eigenvalue weighted by atomic mass is 31.2. The maximum atomic E-state index is 12.6. The van der Waals surface area contributed by atoms with Crippen molar-refractivity contribution >= 4 is 20.1 Å². The Bertz CT molecular complexity index is 705. The van der Waals surface area contributed by atoms with E-state index in [1.54, 1.807) is 0 Å². The number of rotatable bonds is 35. The van der Waals surface area contributed by atoms with Crippen LogP contribution < -0.4 is 10.8 Å². The van der Waals surface area contributed by atoms with Crippen LogP contribution >= 0.6 is 8.17 Å². The van der Waals surface area contributed by atoms with E-state index < -0.39 is 52.1 Å². The van der Waals surface area contributed by atoms with Crippen molar-refractivity contribution < 1.29 is 47.8 Å². The molecule has 1 unspecified atom stereocenters. The molecule has 0 aromatic heterocycles. The maximum Gasteiger partial charge on any atom is 0.574 e. The van der Waals surface area contributed by atoms with Gasteiger partial charge in [-0.3, -0.25) is 4.79 Å². The van der Waals surface area contributed by atoms with Crippen LogP contribution in [-0.2, 0) is 32.7 Å². The molecule has 0 spiro atoms. The lowest BCUT2D eigenvalue weighted by atomic mass is 10.1. The lowest BCUT2D eigenvalue weighted by molar-refractivity contribution is -0.254. The fourth-order valence-corrected chi connectivity index (χ4v) is 5.89. The number of esters is 2. The molecular weight excluding hydrogens is 613 g/mol. The number of hydrogen-bond donors (Lipinski definition) is 3. The third kappa shape index (κ3) is 29.2. The SMILES string of the molecule is CCCCCCCCCCCCCC(=O)O[C@H](COC(=[O+])CCCCCCCCCCCCC)CO[P+]([O-])(ON)OC[C@@H](O)CO. The molecular formula is C34H68NO10P+. The topological polar surface area (TPSA) is 173 Å². The summed E-state index contributed by atoms with van der Waals surface area (Å²) < 4.78 is 25.3. The van der Waals surface area contributed by atoms with Gasteiger partial charge in [0.2, 0.25) is 6.61 Å². The van der Waals surface area contributed by atoms with Gasteiger partial charge in [-0.25, -0.2) is 0 Å².